The highest BCUT2D eigenvalue weighted by molar-refractivity contribution is 5.97. The van der Waals surface area contributed by atoms with Crippen LogP contribution in [0.25, 0.3) is 0 Å². The van der Waals surface area contributed by atoms with E-state index in [1.165, 1.54) is 0 Å². The highest BCUT2D eigenvalue weighted by Crippen LogP contribution is 2.27. The van der Waals surface area contributed by atoms with Crippen molar-refractivity contribution in [2.75, 3.05) is 10.6 Å². The molecule has 1 amide bonds. The summed E-state index contributed by atoms with van der Waals surface area (Å²) in [6, 6.07) is -3.53. The Bertz CT molecular complexity index is 922. The third-order valence-corrected chi connectivity index (χ3v) is 2.65. The zero-order chi connectivity index (χ0) is 26.1. The number of carbonyl (C=O) groups excluding carboxylic acids is 1. The molecule has 3 atom stereocenters. The maximum absolute atomic E-state index is 11.9. The number of anilines is 2. The van der Waals surface area contributed by atoms with Crippen molar-refractivity contribution in [3.05, 3.63) is 11.8 Å². The van der Waals surface area contributed by atoms with E-state index >= 15 is 0 Å². The number of nitrogens with two attached hydrogens (primary N) is 1. The highest BCUT2D eigenvalue weighted by Gasteiger charge is 2.27. The van der Waals surface area contributed by atoms with Gasteiger partial charge in [0, 0.05) is 28.7 Å². The average molecular weight is 331 g/mol. The van der Waals surface area contributed by atoms with E-state index in [0.717, 1.165) is 6.20 Å². The molecule has 0 radical (unpaired) electrons. The zero-order valence-electron chi connectivity index (χ0n) is 23.1. The molecule has 0 saturated heterocycles. The third-order valence-electron chi connectivity index (χ3n) is 2.65. The molecular formula is C16H27N5O2. The first-order valence-corrected chi connectivity index (χ1v) is 6.79. The van der Waals surface area contributed by atoms with E-state index in [-0.39, 0.29) is 5.95 Å². The van der Waals surface area contributed by atoms with Crippen LogP contribution in [0.5, 0.6) is 0 Å². The van der Waals surface area contributed by atoms with Gasteiger partial charge in [0.15, 0.2) is 0 Å². The van der Waals surface area contributed by atoms with Crippen molar-refractivity contribution < 1.29 is 23.6 Å². The van der Waals surface area contributed by atoms with Crippen LogP contribution in [0.2, 0.25) is 0 Å². The van der Waals surface area contributed by atoms with Gasteiger partial charge >= 0.3 is 0 Å². The van der Waals surface area contributed by atoms with Crippen LogP contribution in [-0.4, -0.2) is 38.6 Å². The molecule has 2 rings (SSSR count). The number of rotatable bonds is 4. The second-order valence-electron chi connectivity index (χ2n) is 5.90. The van der Waals surface area contributed by atoms with Crippen LogP contribution in [-0.2, 0) is 0 Å². The van der Waals surface area contributed by atoms with Gasteiger partial charge in [-0.05, 0) is 45.8 Å². The molecule has 3 unspecified atom stereocenters. The van der Waals surface area contributed by atoms with Gasteiger partial charge in [0.1, 0.15) is 5.82 Å². The van der Waals surface area contributed by atoms with E-state index in [4.69, 9.17) is 19.4 Å². The highest BCUT2D eigenvalue weighted by atomic mass is 16.3. The van der Waals surface area contributed by atoms with Gasteiger partial charge in [-0.1, -0.05) is 6.90 Å². The number of aromatic nitrogens is 2. The first-order chi connectivity index (χ1) is 14.5. The molecule has 0 bridgehead atoms. The number of hydrogen-bond acceptors (Lipinski definition) is 6. The molecule has 1 aliphatic rings. The van der Waals surface area contributed by atoms with E-state index in [1.807, 2.05) is 5.32 Å². The van der Waals surface area contributed by atoms with Gasteiger partial charge in [0.25, 0.3) is 5.91 Å². The number of nitrogens with one attached hydrogen (secondary N) is 2. The summed E-state index contributed by atoms with van der Waals surface area (Å²) in [7, 11) is 0. The minimum atomic E-state index is -3.78. The first-order valence-electron chi connectivity index (χ1n) is 12.0. The molecule has 1 fully saturated rings. The molecule has 1 saturated carbocycles. The summed E-state index contributed by atoms with van der Waals surface area (Å²) in [5, 5.41) is 15.6. The van der Waals surface area contributed by atoms with E-state index in [9.17, 15) is 9.90 Å². The minimum Gasteiger partial charge on any atom is -0.393 e. The summed E-state index contributed by atoms with van der Waals surface area (Å²) >= 11 is 0. The lowest BCUT2D eigenvalue weighted by atomic mass is 9.85. The lowest BCUT2D eigenvalue weighted by Gasteiger charge is -2.32. The predicted molar refractivity (Wildman–Crippen MR) is 90.4 cm³/mol. The van der Waals surface area contributed by atoms with Crippen LogP contribution in [0.4, 0.5) is 11.8 Å². The fraction of sp³-hybridized carbons (Fsp3) is 0.688. The SMILES string of the molecule is [2H]CC1([2H])C([2H])([2H])C([2H])([2H])C([2H])(Nc2nc(NC(C)(C)C)ncc2C(N)=O)C([2H])([2H])C1([2H])O. The Kier molecular flexibility index (Phi) is 2.41. The van der Waals surface area contributed by atoms with E-state index in [0.29, 0.717) is 0 Å². The summed E-state index contributed by atoms with van der Waals surface area (Å²) in [5.41, 5.74) is 4.22. The maximum atomic E-state index is 11.9. The Hall–Kier alpha value is -1.89. The third kappa shape index (κ3) is 4.79. The number of amides is 1. The van der Waals surface area contributed by atoms with Crippen LogP contribution in [0, 0.1) is 5.89 Å². The molecular weight excluding hydrogens is 294 g/mol. The van der Waals surface area contributed by atoms with Crippen molar-refractivity contribution in [3.8, 4) is 0 Å². The van der Waals surface area contributed by atoms with Crippen LogP contribution in [0.1, 0.15) is 70.9 Å². The normalized spacial score (nSPS) is 47.5. The molecule has 5 N–H and O–H groups in total. The van der Waals surface area contributed by atoms with Gasteiger partial charge < -0.3 is 21.5 Å². The first kappa shape index (κ1) is 8.28. The number of hydrogen-bond donors (Lipinski definition) is 4. The van der Waals surface area contributed by atoms with Crippen molar-refractivity contribution in [2.45, 2.75) is 64.4 Å². The van der Waals surface area contributed by atoms with Gasteiger partial charge in [0.05, 0.1) is 14.4 Å². The van der Waals surface area contributed by atoms with Gasteiger partial charge in [-0.3, -0.25) is 4.79 Å². The topological polar surface area (TPSA) is 113 Å². The van der Waals surface area contributed by atoms with Crippen molar-refractivity contribution in [1.29, 1.82) is 0 Å². The standard InChI is InChI=1S/C16H27N5O2/c1-9-5-6-10(7-12(9)22)19-14-11(13(17)23)8-18-15(20-14)21-16(2,3)4/h8-10,12,22H,5-7H2,1-4H3,(H2,17,23)(H2,18,19,20,21)/i1D,5D2,6D2,7D2,9D,10D,12D. The molecule has 0 spiro atoms. The van der Waals surface area contributed by atoms with Crippen LogP contribution in [0.15, 0.2) is 6.20 Å². The molecule has 128 valence electrons. The Balaban J connectivity index is 2.80. The van der Waals surface area contributed by atoms with Gasteiger partial charge in [-0.2, -0.15) is 4.98 Å². The summed E-state index contributed by atoms with van der Waals surface area (Å²) in [4.78, 5) is 19.8. The summed E-state index contributed by atoms with van der Waals surface area (Å²) < 4.78 is 82.0. The smallest absolute Gasteiger partial charge is 0.254 e. The Morgan fingerprint density at radius 2 is 2.30 bits per heavy atom. The molecule has 0 aromatic carbocycles. The maximum Gasteiger partial charge on any atom is 0.254 e. The van der Waals surface area contributed by atoms with Crippen LogP contribution in [0.3, 0.4) is 0 Å². The van der Waals surface area contributed by atoms with Crippen molar-refractivity contribution >= 4 is 17.7 Å². The van der Waals surface area contributed by atoms with Gasteiger partial charge in [0.2, 0.25) is 5.95 Å². The molecule has 7 heteroatoms. The van der Waals surface area contributed by atoms with Crippen molar-refractivity contribution in [1.82, 2.24) is 9.97 Å². The Morgan fingerprint density at radius 1 is 1.57 bits per heavy atom. The number of primary amides is 1. The molecule has 7 nitrogen and oxygen atoms in total. The summed E-state index contributed by atoms with van der Waals surface area (Å²) in [6.07, 6.45) is -13.8. The minimum absolute atomic E-state index is 0.124. The largest absolute Gasteiger partial charge is 0.393 e. The molecule has 23 heavy (non-hydrogen) atoms. The number of aliphatic hydroxyl groups is 1. The number of nitrogens with zero attached hydrogens (tertiary/aromatic N) is 2. The van der Waals surface area contributed by atoms with E-state index in [2.05, 4.69) is 15.3 Å². The average Bonchev–Trinajstić information content (AvgIpc) is 2.64. The molecule has 1 aromatic rings. The quantitative estimate of drug-likeness (QED) is 0.668. The zero-order valence-corrected chi connectivity index (χ0v) is 13.1. The van der Waals surface area contributed by atoms with E-state index < -0.39 is 66.8 Å². The fourth-order valence-electron chi connectivity index (χ4n) is 1.66. The molecule has 1 aliphatic carbocycles. The lowest BCUT2D eigenvalue weighted by molar-refractivity contribution is 0.0739. The second-order valence-corrected chi connectivity index (χ2v) is 5.90. The van der Waals surface area contributed by atoms with Crippen LogP contribution < -0.4 is 16.4 Å². The lowest BCUT2D eigenvalue weighted by Crippen LogP contribution is -2.36. The van der Waals surface area contributed by atoms with Crippen LogP contribution >= 0.6 is 0 Å². The van der Waals surface area contributed by atoms with E-state index in [1.54, 1.807) is 20.8 Å². The monoisotopic (exact) mass is 331 g/mol. The molecule has 0 aliphatic heterocycles. The summed E-state index contributed by atoms with van der Waals surface area (Å²) in [6.45, 7) is 3.87. The Labute approximate surface area is 151 Å². The second kappa shape index (κ2) is 6.70. The van der Waals surface area contributed by atoms with Gasteiger partial charge in [-0.25, -0.2) is 4.98 Å². The Morgan fingerprint density at radius 3 is 2.91 bits per heavy atom. The predicted octanol–water partition coefficient (Wildman–Crippen LogP) is 1.75. The molecule has 1 heterocycles. The van der Waals surface area contributed by atoms with Gasteiger partial charge in [-0.15, -0.1) is 0 Å². The van der Waals surface area contributed by atoms with Crippen molar-refractivity contribution in [2.24, 2.45) is 11.6 Å². The van der Waals surface area contributed by atoms with Crippen molar-refractivity contribution in [3.63, 3.8) is 0 Å². The summed E-state index contributed by atoms with van der Waals surface area (Å²) in [5.74, 6) is -5.23. The molecule has 1 aromatic heterocycles. The number of carbonyl (C=O) groups is 1. The fourth-order valence-corrected chi connectivity index (χ4v) is 1.66.